The van der Waals surface area contributed by atoms with E-state index >= 15 is 0 Å². The van der Waals surface area contributed by atoms with Gasteiger partial charge in [0.15, 0.2) is 15.8 Å². The van der Waals surface area contributed by atoms with Crippen molar-refractivity contribution in [1.82, 2.24) is 0 Å². The Bertz CT molecular complexity index is 1460. The van der Waals surface area contributed by atoms with Gasteiger partial charge in [0.2, 0.25) is 5.75 Å². The van der Waals surface area contributed by atoms with Crippen LogP contribution < -0.4 is 14.4 Å². The number of methoxy groups -OCH3 is 1. The molecule has 3 aromatic rings. The molecule has 4 rings (SSSR count). The summed E-state index contributed by atoms with van der Waals surface area (Å²) in [6, 6.07) is 13.6. The van der Waals surface area contributed by atoms with Crippen LogP contribution in [0.2, 0.25) is 0 Å². The largest absolute Gasteiger partial charge is 0.493 e. The van der Waals surface area contributed by atoms with E-state index in [-0.39, 0.29) is 23.2 Å². The van der Waals surface area contributed by atoms with Crippen LogP contribution in [0.3, 0.4) is 0 Å². The summed E-state index contributed by atoms with van der Waals surface area (Å²) in [5, 5.41) is 11.4. The fourth-order valence-corrected chi connectivity index (χ4v) is 5.04. The summed E-state index contributed by atoms with van der Waals surface area (Å²) in [5.41, 5.74) is -0.869. The Morgan fingerprint density at radius 2 is 1.81 bits per heavy atom. The molecule has 0 unspecified atom stereocenters. The Morgan fingerprint density at radius 3 is 2.46 bits per heavy atom. The first kappa shape index (κ1) is 26.6. The van der Waals surface area contributed by atoms with E-state index in [1.807, 2.05) is 6.07 Å². The summed E-state index contributed by atoms with van der Waals surface area (Å²) in [6.07, 6.45) is -3.15. The van der Waals surface area contributed by atoms with Crippen LogP contribution >= 0.6 is 39.9 Å². The molecular weight excluding hydrogens is 597 g/mol. The number of ether oxygens (including phenoxy) is 2. The third-order valence-corrected chi connectivity index (χ3v) is 6.84. The molecule has 3 aromatic carbocycles. The van der Waals surface area contributed by atoms with Gasteiger partial charge in [-0.1, -0.05) is 52.0 Å². The van der Waals surface area contributed by atoms with Gasteiger partial charge in [0.1, 0.15) is 0 Å². The Hall–Kier alpha value is -3.42. The highest BCUT2D eigenvalue weighted by Gasteiger charge is 2.34. The maximum Gasteiger partial charge on any atom is 0.416 e. The number of hydrogen-bond acceptors (Lipinski definition) is 7. The second-order valence-corrected chi connectivity index (χ2v) is 10.0. The van der Waals surface area contributed by atoms with Gasteiger partial charge in [0.25, 0.3) is 5.91 Å². The minimum atomic E-state index is -4.75. The number of hydrogen-bond donors (Lipinski definition) is 0. The lowest BCUT2D eigenvalue weighted by Gasteiger charge is -2.14. The highest BCUT2D eigenvalue weighted by molar-refractivity contribution is 9.10. The normalized spacial score (nSPS) is 14.8. The third kappa shape index (κ3) is 5.78. The number of amides is 1. The van der Waals surface area contributed by atoms with Crippen molar-refractivity contribution in [3.05, 3.63) is 91.3 Å². The molecule has 0 saturated carbocycles. The highest BCUT2D eigenvalue weighted by atomic mass is 79.9. The number of anilines is 1. The minimum absolute atomic E-state index is 0.0317. The molecule has 1 aliphatic rings. The minimum Gasteiger partial charge on any atom is -0.493 e. The van der Waals surface area contributed by atoms with Crippen LogP contribution in [0.15, 0.2) is 70.0 Å². The van der Waals surface area contributed by atoms with Crippen LogP contribution in [0.4, 0.5) is 24.5 Å². The summed E-state index contributed by atoms with van der Waals surface area (Å²) in [4.78, 5) is 25.2. The van der Waals surface area contributed by atoms with Crippen molar-refractivity contribution in [3.63, 3.8) is 0 Å². The summed E-state index contributed by atoms with van der Waals surface area (Å²) in [6.45, 7) is 0. The molecule has 0 aliphatic carbocycles. The van der Waals surface area contributed by atoms with Crippen LogP contribution in [0.5, 0.6) is 17.2 Å². The zero-order chi connectivity index (χ0) is 26.9. The molecule has 1 heterocycles. The Labute approximate surface area is 226 Å². The van der Waals surface area contributed by atoms with Gasteiger partial charge >= 0.3 is 11.9 Å². The molecule has 1 aliphatic heterocycles. The lowest BCUT2D eigenvalue weighted by molar-refractivity contribution is -0.385. The van der Waals surface area contributed by atoms with Crippen molar-refractivity contribution in [1.29, 1.82) is 0 Å². The molecule has 0 radical (unpaired) electrons. The van der Waals surface area contributed by atoms with Crippen LogP contribution in [-0.2, 0) is 11.0 Å². The van der Waals surface area contributed by atoms with E-state index in [0.29, 0.717) is 32.6 Å². The van der Waals surface area contributed by atoms with Gasteiger partial charge in [-0.25, -0.2) is 0 Å². The van der Waals surface area contributed by atoms with Crippen molar-refractivity contribution >= 4 is 67.6 Å². The van der Waals surface area contributed by atoms with Crippen molar-refractivity contribution in [2.24, 2.45) is 0 Å². The number of thiocarbonyl (C=S) groups is 1. The number of thioether (sulfide) groups is 1. The number of nitrogens with zero attached hydrogens (tertiary/aromatic N) is 2. The molecule has 190 valence electrons. The lowest BCUT2D eigenvalue weighted by Crippen LogP contribution is -2.27. The highest BCUT2D eigenvalue weighted by Crippen LogP contribution is 2.41. The first-order chi connectivity index (χ1) is 17.5. The first-order valence-corrected chi connectivity index (χ1v) is 12.2. The molecule has 0 atom stereocenters. The van der Waals surface area contributed by atoms with Gasteiger partial charge in [-0.2, -0.15) is 13.2 Å². The predicted molar refractivity (Wildman–Crippen MR) is 141 cm³/mol. The number of carbonyl (C=O) groups is 1. The molecule has 0 N–H and O–H groups in total. The summed E-state index contributed by atoms with van der Waals surface area (Å²) >= 11 is 9.88. The van der Waals surface area contributed by atoms with Crippen molar-refractivity contribution in [2.45, 2.75) is 6.18 Å². The van der Waals surface area contributed by atoms with Crippen LogP contribution in [0.1, 0.15) is 11.1 Å². The van der Waals surface area contributed by atoms with E-state index in [9.17, 15) is 28.1 Å². The van der Waals surface area contributed by atoms with Crippen molar-refractivity contribution in [2.75, 3.05) is 12.0 Å². The van der Waals surface area contributed by atoms with Crippen molar-refractivity contribution < 1.29 is 32.4 Å². The zero-order valence-electron chi connectivity index (χ0n) is 18.6. The molecule has 0 bridgehead atoms. The van der Waals surface area contributed by atoms with Crippen molar-refractivity contribution in [3.8, 4) is 17.2 Å². The molecule has 1 amide bonds. The van der Waals surface area contributed by atoms with Crippen LogP contribution in [-0.4, -0.2) is 22.3 Å². The van der Waals surface area contributed by atoms with E-state index in [4.69, 9.17) is 21.7 Å². The predicted octanol–water partition coefficient (Wildman–Crippen LogP) is 7.58. The first-order valence-electron chi connectivity index (χ1n) is 10.2. The SMILES string of the molecule is COc1cc(/C=C2/SC(=S)N(c3cccc(Br)c3)C2=O)ccc1Oc1ccc(C(F)(F)F)cc1[N+](=O)[O-]. The monoisotopic (exact) mass is 610 g/mol. The van der Waals surface area contributed by atoms with Gasteiger partial charge in [0, 0.05) is 10.5 Å². The third-order valence-electron chi connectivity index (χ3n) is 5.05. The number of benzene rings is 3. The Balaban J connectivity index is 1.62. The Morgan fingerprint density at radius 1 is 1.08 bits per heavy atom. The van der Waals surface area contributed by atoms with Gasteiger partial charge in [-0.3, -0.25) is 19.8 Å². The van der Waals surface area contributed by atoms with E-state index in [2.05, 4.69) is 15.9 Å². The fraction of sp³-hybridized carbons (Fsp3) is 0.0833. The molecular formula is C24H14BrF3N2O5S2. The maximum absolute atomic E-state index is 13.0. The number of rotatable bonds is 6. The molecule has 0 spiro atoms. The van der Waals surface area contributed by atoms with Crippen LogP contribution in [0.25, 0.3) is 6.08 Å². The fourth-order valence-electron chi connectivity index (χ4n) is 3.36. The molecule has 7 nitrogen and oxygen atoms in total. The average molecular weight is 611 g/mol. The smallest absolute Gasteiger partial charge is 0.416 e. The van der Waals surface area contributed by atoms with Crippen LogP contribution in [0, 0.1) is 10.1 Å². The van der Waals surface area contributed by atoms with Gasteiger partial charge in [0.05, 0.1) is 28.2 Å². The van der Waals surface area contributed by atoms with Gasteiger partial charge < -0.3 is 9.47 Å². The van der Waals surface area contributed by atoms with E-state index in [1.54, 1.807) is 30.3 Å². The van der Waals surface area contributed by atoms with E-state index in [0.717, 1.165) is 22.3 Å². The molecule has 37 heavy (non-hydrogen) atoms. The molecule has 13 heteroatoms. The lowest BCUT2D eigenvalue weighted by atomic mass is 10.1. The second-order valence-electron chi connectivity index (χ2n) is 7.45. The summed E-state index contributed by atoms with van der Waals surface area (Å²) in [5.74, 6) is -0.527. The number of nitro groups is 1. The quantitative estimate of drug-likeness (QED) is 0.123. The summed E-state index contributed by atoms with van der Waals surface area (Å²) in [7, 11) is 1.33. The number of carbonyl (C=O) groups excluding carboxylic acids is 1. The average Bonchev–Trinajstić information content (AvgIpc) is 3.11. The number of nitro benzene ring substituents is 1. The molecule has 0 aromatic heterocycles. The number of alkyl halides is 3. The topological polar surface area (TPSA) is 81.9 Å². The maximum atomic E-state index is 13.0. The standard InChI is InChI=1S/C24H14BrF3N2O5S2/c1-34-20-9-13(10-21-22(31)29(23(36)37-21)16-4-2-3-15(25)12-16)5-7-19(20)35-18-8-6-14(24(26,27)28)11-17(18)30(32)33/h2-12H,1H3/b21-10+. The second kappa shape index (κ2) is 10.5. The molecule has 1 fully saturated rings. The molecule has 1 saturated heterocycles. The van der Waals surface area contributed by atoms with Gasteiger partial charge in [-0.05, 0) is 54.1 Å². The van der Waals surface area contributed by atoms with E-state index in [1.165, 1.54) is 24.1 Å². The Kier molecular flexibility index (Phi) is 7.57. The number of halogens is 4. The van der Waals surface area contributed by atoms with E-state index < -0.39 is 22.4 Å². The van der Waals surface area contributed by atoms with Gasteiger partial charge in [-0.15, -0.1) is 0 Å². The zero-order valence-corrected chi connectivity index (χ0v) is 21.8. The summed E-state index contributed by atoms with van der Waals surface area (Å²) < 4.78 is 51.0.